The van der Waals surface area contributed by atoms with Crippen LogP contribution in [0.2, 0.25) is 0 Å². The van der Waals surface area contributed by atoms with Crippen LogP contribution < -0.4 is 0 Å². The SMILES string of the molecule is C/C1=C/C=C/C(=O)/C=C/C=C(C)\C=C/C#C1. The molecule has 0 unspecified atom stereocenters. The smallest absolute Gasteiger partial charge is 0.178 e. The van der Waals surface area contributed by atoms with E-state index in [-0.39, 0.29) is 5.78 Å². The van der Waals surface area contributed by atoms with Crippen LogP contribution in [0, 0.1) is 11.8 Å². The Kier molecular flexibility index (Phi) is 4.82. The van der Waals surface area contributed by atoms with Crippen LogP contribution in [0.1, 0.15) is 13.8 Å². The van der Waals surface area contributed by atoms with Gasteiger partial charge in [0.2, 0.25) is 0 Å². The molecule has 1 aliphatic carbocycles. The third-order valence-corrected chi connectivity index (χ3v) is 1.93. The highest BCUT2D eigenvalue weighted by atomic mass is 16.1. The first kappa shape index (κ1) is 12.0. The summed E-state index contributed by atoms with van der Waals surface area (Å²) in [7, 11) is 0. The second kappa shape index (κ2) is 6.42. The topological polar surface area (TPSA) is 17.1 Å². The van der Waals surface area contributed by atoms with Crippen LogP contribution in [0.5, 0.6) is 0 Å². The molecule has 0 spiro atoms. The fourth-order valence-electron chi connectivity index (χ4n) is 1.06. The Hall–Kier alpha value is -2.07. The minimum absolute atomic E-state index is 0.0238. The maximum atomic E-state index is 11.3. The standard InChI is InChI=1S/C15H14O/c1-13-7-3-4-8-14(2)10-6-12-15(16)11-5-9-13/h3,5-7,9-12H,1-2H3/b7-3-,11-5+,12-6+,13-9-,14-10-. The van der Waals surface area contributed by atoms with Gasteiger partial charge >= 0.3 is 0 Å². The molecule has 1 rings (SSSR count). The van der Waals surface area contributed by atoms with E-state index in [1.807, 2.05) is 32.1 Å². The summed E-state index contributed by atoms with van der Waals surface area (Å²) in [4.78, 5) is 11.3. The molecule has 0 saturated carbocycles. The molecule has 0 bridgehead atoms. The Morgan fingerprint density at radius 3 is 2.44 bits per heavy atom. The molecule has 0 atom stereocenters. The molecule has 0 radical (unpaired) electrons. The van der Waals surface area contributed by atoms with E-state index in [0.717, 1.165) is 11.1 Å². The van der Waals surface area contributed by atoms with Gasteiger partial charge in [-0.25, -0.2) is 0 Å². The summed E-state index contributed by atoms with van der Waals surface area (Å²) in [5, 5.41) is 0. The predicted molar refractivity (Wildman–Crippen MR) is 67.7 cm³/mol. The van der Waals surface area contributed by atoms with Crippen molar-refractivity contribution >= 4 is 5.78 Å². The largest absolute Gasteiger partial charge is 0.290 e. The highest BCUT2D eigenvalue weighted by molar-refractivity contribution is 5.99. The minimum Gasteiger partial charge on any atom is -0.290 e. The Bertz CT molecular complexity index is 471. The van der Waals surface area contributed by atoms with Gasteiger partial charge in [-0.3, -0.25) is 4.79 Å². The molecule has 0 fully saturated rings. The van der Waals surface area contributed by atoms with Gasteiger partial charge in [0.1, 0.15) is 0 Å². The van der Waals surface area contributed by atoms with Crippen molar-refractivity contribution in [3.63, 3.8) is 0 Å². The highest BCUT2D eigenvalue weighted by Gasteiger charge is 1.86. The minimum atomic E-state index is -0.0238. The summed E-state index contributed by atoms with van der Waals surface area (Å²) in [6, 6.07) is 0. The van der Waals surface area contributed by atoms with Crippen LogP contribution >= 0.6 is 0 Å². The quantitative estimate of drug-likeness (QED) is 0.561. The maximum absolute atomic E-state index is 11.3. The van der Waals surface area contributed by atoms with Crippen molar-refractivity contribution in [2.75, 3.05) is 0 Å². The van der Waals surface area contributed by atoms with Gasteiger partial charge < -0.3 is 0 Å². The van der Waals surface area contributed by atoms with Crippen molar-refractivity contribution in [1.82, 2.24) is 0 Å². The van der Waals surface area contributed by atoms with Crippen LogP contribution in [0.3, 0.4) is 0 Å². The number of rotatable bonds is 0. The lowest BCUT2D eigenvalue weighted by molar-refractivity contribution is -0.110. The van der Waals surface area contributed by atoms with Gasteiger partial charge in [0, 0.05) is 0 Å². The Labute approximate surface area is 96.6 Å². The van der Waals surface area contributed by atoms with Gasteiger partial charge in [-0.05, 0) is 37.6 Å². The van der Waals surface area contributed by atoms with Gasteiger partial charge in [0.05, 0.1) is 0 Å². The molecule has 0 aromatic rings. The van der Waals surface area contributed by atoms with E-state index in [1.54, 1.807) is 18.2 Å². The third kappa shape index (κ3) is 4.97. The molecule has 0 heterocycles. The van der Waals surface area contributed by atoms with E-state index >= 15 is 0 Å². The molecule has 1 nitrogen and oxygen atoms in total. The first-order chi connectivity index (χ1) is 7.68. The van der Waals surface area contributed by atoms with Crippen molar-refractivity contribution in [2.24, 2.45) is 0 Å². The van der Waals surface area contributed by atoms with Crippen LogP contribution in [-0.4, -0.2) is 5.78 Å². The Morgan fingerprint density at radius 2 is 1.69 bits per heavy atom. The lowest BCUT2D eigenvalue weighted by atomic mass is 10.2. The average Bonchev–Trinajstić information content (AvgIpc) is 2.24. The Morgan fingerprint density at radius 1 is 1.00 bits per heavy atom. The lowest BCUT2D eigenvalue weighted by Gasteiger charge is -1.85. The predicted octanol–water partition coefficient (Wildman–Crippen LogP) is 3.13. The number of hydrogen-bond acceptors (Lipinski definition) is 1. The zero-order valence-corrected chi connectivity index (χ0v) is 9.53. The molecule has 1 heteroatoms. The lowest BCUT2D eigenvalue weighted by Crippen LogP contribution is -1.83. The molecular formula is C15H14O. The summed E-state index contributed by atoms with van der Waals surface area (Å²) in [6.07, 6.45) is 13.9. The second-order valence-corrected chi connectivity index (χ2v) is 3.48. The summed E-state index contributed by atoms with van der Waals surface area (Å²) < 4.78 is 0. The summed E-state index contributed by atoms with van der Waals surface area (Å²) >= 11 is 0. The van der Waals surface area contributed by atoms with Crippen LogP contribution in [0.25, 0.3) is 0 Å². The first-order valence-corrected chi connectivity index (χ1v) is 5.10. The molecule has 0 aliphatic heterocycles. The van der Waals surface area contributed by atoms with E-state index in [2.05, 4.69) is 11.8 Å². The average molecular weight is 210 g/mol. The second-order valence-electron chi connectivity index (χ2n) is 3.48. The highest BCUT2D eigenvalue weighted by Crippen LogP contribution is 1.97. The van der Waals surface area contributed by atoms with E-state index in [4.69, 9.17) is 0 Å². The zero-order valence-electron chi connectivity index (χ0n) is 9.53. The van der Waals surface area contributed by atoms with Gasteiger partial charge in [-0.2, -0.15) is 0 Å². The molecular weight excluding hydrogens is 196 g/mol. The fourth-order valence-corrected chi connectivity index (χ4v) is 1.06. The monoisotopic (exact) mass is 210 g/mol. The van der Waals surface area contributed by atoms with Crippen LogP contribution in [0.4, 0.5) is 0 Å². The first-order valence-electron chi connectivity index (χ1n) is 5.10. The van der Waals surface area contributed by atoms with Crippen molar-refractivity contribution in [3.8, 4) is 11.8 Å². The third-order valence-electron chi connectivity index (χ3n) is 1.93. The molecule has 0 saturated heterocycles. The van der Waals surface area contributed by atoms with Gasteiger partial charge in [0.25, 0.3) is 0 Å². The van der Waals surface area contributed by atoms with Crippen molar-refractivity contribution in [1.29, 1.82) is 0 Å². The number of ketones is 1. The molecule has 1 aliphatic rings. The molecule has 0 amide bonds. The van der Waals surface area contributed by atoms with Gasteiger partial charge in [-0.15, -0.1) is 0 Å². The Balaban J connectivity index is 3.02. The molecule has 16 heavy (non-hydrogen) atoms. The zero-order chi connectivity index (χ0) is 11.8. The number of allylic oxidation sites excluding steroid dienone is 10. The van der Waals surface area contributed by atoms with Crippen molar-refractivity contribution < 1.29 is 4.79 Å². The molecule has 0 aromatic carbocycles. The van der Waals surface area contributed by atoms with E-state index in [1.165, 1.54) is 12.2 Å². The summed E-state index contributed by atoms with van der Waals surface area (Å²) in [5.74, 6) is 5.88. The van der Waals surface area contributed by atoms with Gasteiger partial charge in [0.15, 0.2) is 5.78 Å². The van der Waals surface area contributed by atoms with E-state index < -0.39 is 0 Å². The summed E-state index contributed by atoms with van der Waals surface area (Å²) in [6.45, 7) is 3.87. The maximum Gasteiger partial charge on any atom is 0.178 e. The molecule has 0 aromatic heterocycles. The van der Waals surface area contributed by atoms with Gasteiger partial charge in [-0.1, -0.05) is 47.8 Å². The van der Waals surface area contributed by atoms with Crippen LogP contribution in [0.15, 0.2) is 59.8 Å². The summed E-state index contributed by atoms with van der Waals surface area (Å²) in [5.41, 5.74) is 1.99. The van der Waals surface area contributed by atoms with E-state index in [0.29, 0.717) is 0 Å². The van der Waals surface area contributed by atoms with Crippen molar-refractivity contribution in [2.45, 2.75) is 13.8 Å². The molecule has 0 N–H and O–H groups in total. The number of carbonyl (C=O) groups excluding carboxylic acids is 1. The number of carbonyl (C=O) groups is 1. The van der Waals surface area contributed by atoms with E-state index in [9.17, 15) is 4.79 Å². The number of hydrogen-bond donors (Lipinski definition) is 0. The fraction of sp³-hybridized carbons (Fsp3) is 0.133. The normalized spacial score (nSPS) is 28.8. The van der Waals surface area contributed by atoms with Crippen LogP contribution in [-0.2, 0) is 4.79 Å². The molecule has 80 valence electrons. The van der Waals surface area contributed by atoms with Crippen molar-refractivity contribution in [3.05, 3.63) is 59.8 Å².